The van der Waals surface area contributed by atoms with Gasteiger partial charge in [0.15, 0.2) is 5.82 Å². The third-order valence-corrected chi connectivity index (χ3v) is 14.8. The van der Waals surface area contributed by atoms with Crippen LogP contribution in [0, 0.1) is 12.7 Å². The molecule has 1 N–H and O–H groups in total. The maximum Gasteiger partial charge on any atom is 0.345 e. The highest BCUT2D eigenvalue weighted by molar-refractivity contribution is 7.90. The van der Waals surface area contributed by atoms with E-state index in [4.69, 9.17) is 40.3 Å². The minimum atomic E-state index is -3.27. The van der Waals surface area contributed by atoms with Crippen LogP contribution in [0.2, 0.25) is 5.02 Å². The van der Waals surface area contributed by atoms with Gasteiger partial charge in [-0.2, -0.15) is 0 Å². The molecular weight excluding hydrogens is 959 g/mol. The topological polar surface area (TPSA) is 175 Å². The molecule has 3 atom stereocenters. The Bertz CT molecular complexity index is 3040. The van der Waals surface area contributed by atoms with Crippen LogP contribution in [0.1, 0.15) is 22.4 Å². The van der Waals surface area contributed by atoms with Crippen molar-refractivity contribution in [2.45, 2.75) is 38.2 Å². The Morgan fingerprint density at radius 3 is 2.54 bits per heavy atom. The van der Waals surface area contributed by atoms with Crippen LogP contribution in [-0.4, -0.2) is 136 Å². The molecule has 0 radical (unpaired) electrons. The number of rotatable bonds is 12. The Balaban J connectivity index is 1.22. The number of nitrogens with zero attached hydrogens (tertiary/aromatic N) is 6. The number of ether oxygens (including phenoxy) is 5. The number of carbonyl (C=O) groups is 1. The number of hydrogen-bond donors (Lipinski definition) is 1. The summed E-state index contributed by atoms with van der Waals surface area (Å²) >= 11 is 8.53. The van der Waals surface area contributed by atoms with Crippen LogP contribution in [0.5, 0.6) is 23.0 Å². The van der Waals surface area contributed by atoms with Crippen molar-refractivity contribution in [2.75, 3.05) is 66.0 Å². The molecule has 6 aromatic rings. The molecule has 70 heavy (non-hydrogen) atoms. The van der Waals surface area contributed by atoms with E-state index in [2.05, 4.69) is 31.5 Å². The van der Waals surface area contributed by atoms with Gasteiger partial charge in [-0.05, 0) is 92.0 Å². The molecule has 1 fully saturated rings. The van der Waals surface area contributed by atoms with Gasteiger partial charge in [0.1, 0.15) is 63.0 Å². The second-order valence-electron chi connectivity index (χ2n) is 17.0. The normalized spacial score (nSPS) is 18.5. The number of aliphatic carboxylic acids is 1. The highest BCUT2D eigenvalue weighted by atomic mass is 35.5. The first-order chi connectivity index (χ1) is 33.6. The fraction of sp³-hybridized carbons (Fsp3) is 0.314. The lowest BCUT2D eigenvalue weighted by Crippen LogP contribution is -2.56. The molecule has 19 heteroatoms. The number of benzene rings is 4. The number of thiophene rings is 1. The van der Waals surface area contributed by atoms with E-state index < -0.39 is 33.8 Å². The SMILES string of the molecule is C=Nc1sc(-c2ccc(F)cc2)c2c1/C(=N\C)O[C@@H](C(=O)O)Cc1cc(ccc1OCc1ccnc(-c3ccccc3OC)n1)OCC(CN1CCN(C)C(CS(C)(=O)=O)C1)Oc1ccc-2c(C)c1Cl. The molecule has 9 rings (SSSR count). The first-order valence-electron chi connectivity index (χ1n) is 22.3. The van der Waals surface area contributed by atoms with E-state index in [0.717, 1.165) is 0 Å². The van der Waals surface area contributed by atoms with Crippen LogP contribution >= 0.6 is 22.9 Å². The van der Waals surface area contributed by atoms with Gasteiger partial charge in [0.05, 0.1) is 34.7 Å². The number of carboxylic acid groups (broad SMARTS) is 1. The molecule has 3 aliphatic rings. The van der Waals surface area contributed by atoms with E-state index in [-0.39, 0.29) is 37.3 Å². The largest absolute Gasteiger partial charge is 0.496 e. The van der Waals surface area contributed by atoms with Crippen LogP contribution < -0.4 is 18.9 Å². The third-order valence-electron chi connectivity index (χ3n) is 12.1. The number of carboxylic acids is 1. The molecule has 366 valence electrons. The molecule has 0 spiro atoms. The van der Waals surface area contributed by atoms with E-state index in [9.17, 15) is 22.7 Å². The van der Waals surface area contributed by atoms with Crippen molar-refractivity contribution in [3.05, 3.63) is 124 Å². The number of sulfone groups is 1. The van der Waals surface area contributed by atoms with Gasteiger partial charge in [0.2, 0.25) is 12.0 Å². The van der Waals surface area contributed by atoms with Crippen molar-refractivity contribution in [3.8, 4) is 56.0 Å². The van der Waals surface area contributed by atoms with Gasteiger partial charge in [-0.3, -0.25) is 19.8 Å². The average Bonchev–Trinajstić information content (AvgIpc) is 3.72. The van der Waals surface area contributed by atoms with Crippen LogP contribution in [0.15, 0.2) is 101 Å². The van der Waals surface area contributed by atoms with Gasteiger partial charge in [0.25, 0.3) is 0 Å². The van der Waals surface area contributed by atoms with Gasteiger partial charge in [-0.1, -0.05) is 41.9 Å². The number of piperazine rings is 1. The average molecular weight is 1010 g/mol. The summed E-state index contributed by atoms with van der Waals surface area (Å²) in [6.07, 6.45) is 0.505. The lowest BCUT2D eigenvalue weighted by atomic mass is 9.94. The van der Waals surface area contributed by atoms with E-state index in [1.807, 2.05) is 44.3 Å². The number of hydrogen-bond acceptors (Lipinski definition) is 15. The van der Waals surface area contributed by atoms with Crippen molar-refractivity contribution in [3.63, 3.8) is 0 Å². The monoisotopic (exact) mass is 1010 g/mol. The van der Waals surface area contributed by atoms with Gasteiger partial charge < -0.3 is 28.8 Å². The first-order valence-corrected chi connectivity index (χ1v) is 25.5. The summed E-state index contributed by atoms with van der Waals surface area (Å²) < 4.78 is 70.9. The molecule has 15 nitrogen and oxygen atoms in total. The zero-order chi connectivity index (χ0) is 49.7. The summed E-state index contributed by atoms with van der Waals surface area (Å²) in [4.78, 5) is 36.3. The Morgan fingerprint density at radius 1 is 1.03 bits per heavy atom. The predicted molar refractivity (Wildman–Crippen MR) is 270 cm³/mol. The van der Waals surface area contributed by atoms with E-state index in [1.165, 1.54) is 36.8 Å². The lowest BCUT2D eigenvalue weighted by Gasteiger charge is -2.40. The van der Waals surface area contributed by atoms with Crippen LogP contribution in [0.25, 0.3) is 33.0 Å². The number of halogens is 2. The lowest BCUT2D eigenvalue weighted by molar-refractivity contribution is -0.145. The number of likely N-dealkylation sites (N-methyl/N-ethyl adjacent to an activating group) is 1. The summed E-state index contributed by atoms with van der Waals surface area (Å²) in [6, 6.07) is 23.6. The minimum Gasteiger partial charge on any atom is -0.496 e. The van der Waals surface area contributed by atoms with E-state index in [1.54, 1.807) is 55.8 Å². The molecular formula is C51H52ClFN6O9S2. The highest BCUT2D eigenvalue weighted by Gasteiger charge is 2.33. The van der Waals surface area contributed by atoms with Crippen molar-refractivity contribution in [1.82, 2.24) is 19.8 Å². The molecule has 2 aromatic heterocycles. The van der Waals surface area contributed by atoms with Gasteiger partial charge >= 0.3 is 5.97 Å². The molecule has 0 amide bonds. The molecule has 0 saturated carbocycles. The van der Waals surface area contributed by atoms with Gasteiger partial charge in [-0.25, -0.2) is 27.6 Å². The van der Waals surface area contributed by atoms with Crippen molar-refractivity contribution in [2.24, 2.45) is 9.98 Å². The Kier molecular flexibility index (Phi) is 15.5. The number of methoxy groups -OCH3 is 1. The molecule has 5 heterocycles. The van der Waals surface area contributed by atoms with Gasteiger partial charge in [-0.15, -0.1) is 11.3 Å². The Morgan fingerprint density at radius 2 is 1.81 bits per heavy atom. The van der Waals surface area contributed by atoms with E-state index >= 15 is 0 Å². The van der Waals surface area contributed by atoms with Crippen LogP contribution in [0.4, 0.5) is 9.39 Å². The van der Waals surface area contributed by atoms with Crippen molar-refractivity contribution in [1.29, 1.82) is 0 Å². The first kappa shape index (κ1) is 50.0. The number of fused-ring (bicyclic) bond motifs is 8. The highest BCUT2D eigenvalue weighted by Crippen LogP contribution is 2.50. The molecule has 0 aliphatic carbocycles. The number of aliphatic imine (C=N–C) groups is 2. The zero-order valence-corrected chi connectivity index (χ0v) is 41.6. The predicted octanol–water partition coefficient (Wildman–Crippen LogP) is 8.45. The third kappa shape index (κ3) is 11.4. The van der Waals surface area contributed by atoms with Gasteiger partial charge in [0, 0.05) is 74.1 Å². The second kappa shape index (κ2) is 21.7. The molecule has 4 bridgehead atoms. The maximum atomic E-state index is 14.4. The molecule has 2 unspecified atom stereocenters. The second-order valence-corrected chi connectivity index (χ2v) is 20.6. The Labute approximate surface area is 415 Å². The van der Waals surface area contributed by atoms with Crippen molar-refractivity contribution >= 4 is 56.4 Å². The summed E-state index contributed by atoms with van der Waals surface area (Å²) in [6.45, 7) is 7.84. The molecule has 4 aromatic carbocycles. The summed E-state index contributed by atoms with van der Waals surface area (Å²) in [5, 5.41) is 11.6. The maximum absolute atomic E-state index is 14.4. The number of aromatic nitrogens is 2. The van der Waals surface area contributed by atoms with E-state index in [0.29, 0.717) is 115 Å². The summed E-state index contributed by atoms with van der Waals surface area (Å²) in [5.74, 6) is 0.423. The van der Waals surface area contributed by atoms with Crippen LogP contribution in [0.3, 0.4) is 0 Å². The summed E-state index contributed by atoms with van der Waals surface area (Å²) in [5.41, 5.74) is 4.53. The van der Waals surface area contributed by atoms with Crippen LogP contribution in [-0.2, 0) is 32.4 Å². The summed E-state index contributed by atoms with van der Waals surface area (Å²) in [7, 11) is 1.73. The molecule has 1 saturated heterocycles. The quantitative estimate of drug-likeness (QED) is 0.116. The fourth-order valence-corrected chi connectivity index (χ4v) is 11.0. The molecule has 3 aliphatic heterocycles. The smallest absolute Gasteiger partial charge is 0.345 e. The minimum absolute atomic E-state index is 0.00444. The fourth-order valence-electron chi connectivity index (χ4n) is 8.57. The standard InChI is InChI=1S/C51H52ClFN6O9S2/c1-30-38-16-18-42(46(30)52)67-37(26-59-22-21-58(4)35(25-59)29-70(6,62)63)28-65-36-15-17-40(66-27-34-19-20-56-48(57-34)39-9-7-8-10-41(39)64-5)32(23-36)24-43(51(60)61)68-49(54-2)45-44(38)47(69-50(45)55-3)31-11-13-33(53)14-12-31/h7-20,23,35,37,43H,3,21-22,24-29H2,1-2,4-6H3,(H,60,61)/b54-49+/t35?,37?,43-/m1/s1. The number of para-hydroxylation sites is 1. The van der Waals surface area contributed by atoms with Crippen molar-refractivity contribution < 1.29 is 46.4 Å². The Hall–Kier alpha value is -6.44. The zero-order valence-electron chi connectivity index (χ0n) is 39.2.